The molecule has 1 amide bonds. The van der Waals surface area contributed by atoms with Crippen molar-refractivity contribution in [1.82, 2.24) is 15.5 Å². The van der Waals surface area contributed by atoms with Gasteiger partial charge in [0.05, 0.1) is 18.8 Å². The first-order valence-electron chi connectivity index (χ1n) is 9.62. The molecule has 0 spiro atoms. The Balaban J connectivity index is 1.47. The molecule has 3 aromatic rings. The van der Waals surface area contributed by atoms with Crippen molar-refractivity contribution in [1.29, 1.82) is 0 Å². The molecule has 0 aliphatic carbocycles. The number of nitrogens with zero attached hydrogens (tertiary/aromatic N) is 2. The number of carbonyl (C=O) groups excluding carboxylic acids is 1. The number of nitrogens with one attached hydrogen (secondary N) is 1. The quantitative estimate of drug-likeness (QED) is 0.588. The van der Waals surface area contributed by atoms with Gasteiger partial charge in [-0.25, -0.2) is 0 Å². The van der Waals surface area contributed by atoms with E-state index in [0.29, 0.717) is 31.2 Å². The summed E-state index contributed by atoms with van der Waals surface area (Å²) in [4.78, 5) is 12.2. The van der Waals surface area contributed by atoms with Gasteiger partial charge >= 0.3 is 0 Å². The monoisotopic (exact) mass is 391 g/mol. The highest BCUT2D eigenvalue weighted by Gasteiger charge is 2.07. The van der Waals surface area contributed by atoms with Crippen molar-refractivity contribution in [2.75, 3.05) is 19.8 Å². The van der Waals surface area contributed by atoms with Crippen LogP contribution in [0.4, 0.5) is 0 Å². The van der Waals surface area contributed by atoms with Crippen molar-refractivity contribution in [3.05, 3.63) is 71.3 Å². The third-order valence-electron chi connectivity index (χ3n) is 4.51. The lowest BCUT2D eigenvalue weighted by Crippen LogP contribution is -2.28. The van der Waals surface area contributed by atoms with Gasteiger partial charge in [0, 0.05) is 17.2 Å². The minimum Gasteiger partial charge on any atom is -0.494 e. The van der Waals surface area contributed by atoms with E-state index in [0.717, 1.165) is 28.1 Å². The SMILES string of the molecule is CCOc1ccc(-c2ccc(OCCNC(=O)c3ccc(C)c(C)c3)nn2)cc1. The van der Waals surface area contributed by atoms with Gasteiger partial charge in [-0.05, 0) is 74.4 Å². The molecule has 0 bridgehead atoms. The number of aromatic nitrogens is 2. The van der Waals surface area contributed by atoms with Crippen LogP contribution in [0.1, 0.15) is 28.4 Å². The number of hydrogen-bond acceptors (Lipinski definition) is 5. The molecule has 0 aliphatic rings. The molecular weight excluding hydrogens is 366 g/mol. The summed E-state index contributed by atoms with van der Waals surface area (Å²) in [6, 6.07) is 17.0. The van der Waals surface area contributed by atoms with Crippen molar-refractivity contribution >= 4 is 5.91 Å². The van der Waals surface area contributed by atoms with Crippen LogP contribution in [-0.2, 0) is 0 Å². The zero-order valence-electron chi connectivity index (χ0n) is 16.9. The molecule has 6 nitrogen and oxygen atoms in total. The molecule has 1 aromatic heterocycles. The van der Waals surface area contributed by atoms with Gasteiger partial charge in [-0.15, -0.1) is 10.2 Å². The zero-order valence-corrected chi connectivity index (χ0v) is 16.9. The molecule has 0 aliphatic heterocycles. The average Bonchev–Trinajstić information content (AvgIpc) is 2.74. The molecule has 0 unspecified atom stereocenters. The van der Waals surface area contributed by atoms with E-state index in [2.05, 4.69) is 15.5 Å². The summed E-state index contributed by atoms with van der Waals surface area (Å²) < 4.78 is 11.0. The molecule has 0 atom stereocenters. The Hall–Kier alpha value is -3.41. The van der Waals surface area contributed by atoms with Crippen molar-refractivity contribution < 1.29 is 14.3 Å². The highest BCUT2D eigenvalue weighted by molar-refractivity contribution is 5.94. The molecule has 0 fully saturated rings. The highest BCUT2D eigenvalue weighted by Crippen LogP contribution is 2.21. The lowest BCUT2D eigenvalue weighted by atomic mass is 10.1. The predicted molar refractivity (Wildman–Crippen MR) is 112 cm³/mol. The van der Waals surface area contributed by atoms with E-state index >= 15 is 0 Å². The predicted octanol–water partition coefficient (Wildman–Crippen LogP) is 3.97. The average molecular weight is 391 g/mol. The normalized spacial score (nSPS) is 10.4. The van der Waals surface area contributed by atoms with Crippen molar-refractivity contribution in [2.24, 2.45) is 0 Å². The standard InChI is InChI=1S/C23H25N3O3/c1-4-28-20-9-7-18(8-10-20)21-11-12-22(26-25-21)29-14-13-24-23(27)19-6-5-16(2)17(3)15-19/h5-12,15H,4,13-14H2,1-3H3,(H,24,27). The number of ether oxygens (including phenoxy) is 2. The molecule has 1 N–H and O–H groups in total. The van der Waals surface area contributed by atoms with Gasteiger partial charge in [0.15, 0.2) is 0 Å². The second kappa shape index (κ2) is 9.68. The van der Waals surface area contributed by atoms with Crippen LogP contribution in [0.5, 0.6) is 11.6 Å². The highest BCUT2D eigenvalue weighted by atomic mass is 16.5. The van der Waals surface area contributed by atoms with Crippen LogP contribution < -0.4 is 14.8 Å². The third kappa shape index (κ3) is 5.54. The Morgan fingerprint density at radius 1 is 0.931 bits per heavy atom. The van der Waals surface area contributed by atoms with Gasteiger partial charge in [0.25, 0.3) is 5.91 Å². The van der Waals surface area contributed by atoms with E-state index in [1.807, 2.05) is 69.3 Å². The first-order valence-corrected chi connectivity index (χ1v) is 9.62. The molecule has 0 saturated carbocycles. The van der Waals surface area contributed by atoms with Crippen LogP contribution >= 0.6 is 0 Å². The second-order valence-electron chi connectivity index (χ2n) is 6.62. The Morgan fingerprint density at radius 2 is 1.72 bits per heavy atom. The third-order valence-corrected chi connectivity index (χ3v) is 4.51. The minimum atomic E-state index is -0.117. The number of amides is 1. The number of aryl methyl sites for hydroxylation is 2. The van der Waals surface area contributed by atoms with E-state index in [4.69, 9.17) is 9.47 Å². The summed E-state index contributed by atoms with van der Waals surface area (Å²) in [7, 11) is 0. The first kappa shape index (κ1) is 20.3. The first-order chi connectivity index (χ1) is 14.1. The molecular formula is C23H25N3O3. The molecule has 6 heteroatoms. The van der Waals surface area contributed by atoms with Gasteiger partial charge < -0.3 is 14.8 Å². The van der Waals surface area contributed by atoms with Gasteiger partial charge in [0.2, 0.25) is 5.88 Å². The van der Waals surface area contributed by atoms with Gasteiger partial charge in [-0.2, -0.15) is 0 Å². The summed E-state index contributed by atoms with van der Waals surface area (Å²) in [5, 5.41) is 11.1. The smallest absolute Gasteiger partial charge is 0.251 e. The Morgan fingerprint density at radius 3 is 2.38 bits per heavy atom. The van der Waals surface area contributed by atoms with Crippen LogP contribution in [0, 0.1) is 13.8 Å². The minimum absolute atomic E-state index is 0.117. The lowest BCUT2D eigenvalue weighted by molar-refractivity contribution is 0.0946. The Labute approximate surface area is 170 Å². The second-order valence-corrected chi connectivity index (χ2v) is 6.62. The number of carbonyl (C=O) groups is 1. The maximum absolute atomic E-state index is 12.2. The summed E-state index contributed by atoms with van der Waals surface area (Å²) >= 11 is 0. The topological polar surface area (TPSA) is 73.3 Å². The maximum atomic E-state index is 12.2. The molecule has 3 rings (SSSR count). The Bertz CT molecular complexity index is 954. The fourth-order valence-electron chi connectivity index (χ4n) is 2.74. The fraction of sp³-hybridized carbons (Fsp3) is 0.261. The summed E-state index contributed by atoms with van der Waals surface area (Å²) in [5.74, 6) is 1.13. The fourth-order valence-corrected chi connectivity index (χ4v) is 2.74. The van der Waals surface area contributed by atoms with Crippen molar-refractivity contribution in [3.8, 4) is 22.9 Å². The van der Waals surface area contributed by atoms with Crippen LogP contribution in [0.2, 0.25) is 0 Å². The van der Waals surface area contributed by atoms with Crippen LogP contribution in [0.3, 0.4) is 0 Å². The zero-order chi connectivity index (χ0) is 20.6. The number of rotatable bonds is 8. The van der Waals surface area contributed by atoms with E-state index in [1.54, 1.807) is 6.07 Å². The van der Waals surface area contributed by atoms with E-state index in [-0.39, 0.29) is 5.91 Å². The van der Waals surface area contributed by atoms with Gasteiger partial charge in [0.1, 0.15) is 12.4 Å². The molecule has 1 heterocycles. The molecule has 0 radical (unpaired) electrons. The number of benzene rings is 2. The van der Waals surface area contributed by atoms with E-state index in [9.17, 15) is 4.79 Å². The van der Waals surface area contributed by atoms with Gasteiger partial charge in [-0.1, -0.05) is 6.07 Å². The van der Waals surface area contributed by atoms with Crippen molar-refractivity contribution in [2.45, 2.75) is 20.8 Å². The van der Waals surface area contributed by atoms with Gasteiger partial charge in [-0.3, -0.25) is 4.79 Å². The number of hydrogen-bond donors (Lipinski definition) is 1. The van der Waals surface area contributed by atoms with Crippen LogP contribution in [0.15, 0.2) is 54.6 Å². The van der Waals surface area contributed by atoms with E-state index in [1.165, 1.54) is 0 Å². The summed E-state index contributed by atoms with van der Waals surface area (Å²) in [6.07, 6.45) is 0. The Kier molecular flexibility index (Phi) is 6.79. The van der Waals surface area contributed by atoms with Crippen LogP contribution in [0.25, 0.3) is 11.3 Å². The lowest BCUT2D eigenvalue weighted by Gasteiger charge is -2.09. The molecule has 29 heavy (non-hydrogen) atoms. The largest absolute Gasteiger partial charge is 0.494 e. The molecule has 2 aromatic carbocycles. The van der Waals surface area contributed by atoms with Crippen molar-refractivity contribution in [3.63, 3.8) is 0 Å². The summed E-state index contributed by atoms with van der Waals surface area (Å²) in [5.41, 5.74) is 4.61. The summed E-state index contributed by atoms with van der Waals surface area (Å²) in [6.45, 7) is 7.29. The molecule has 150 valence electrons. The maximum Gasteiger partial charge on any atom is 0.251 e. The van der Waals surface area contributed by atoms with E-state index < -0.39 is 0 Å². The molecule has 0 saturated heterocycles. The van der Waals surface area contributed by atoms with Crippen LogP contribution in [-0.4, -0.2) is 35.9 Å².